The van der Waals surface area contributed by atoms with Crippen molar-refractivity contribution >= 4 is 5.91 Å². The minimum atomic E-state index is 0.120. The lowest BCUT2D eigenvalue weighted by atomic mass is 10.1. The molecule has 17 heavy (non-hydrogen) atoms. The average Bonchev–Trinajstić information content (AvgIpc) is 2.86. The molecule has 1 atom stereocenters. The number of piperidine rings is 1. The molecule has 0 aromatic heterocycles. The van der Waals surface area contributed by atoms with E-state index in [2.05, 4.69) is 4.90 Å². The molecule has 2 fully saturated rings. The summed E-state index contributed by atoms with van der Waals surface area (Å²) in [4.78, 5) is 16.4. The third-order valence-corrected chi connectivity index (χ3v) is 3.97. The number of aliphatic hydroxyl groups excluding tert-OH is 1. The van der Waals surface area contributed by atoms with Crippen LogP contribution in [0.1, 0.15) is 38.5 Å². The van der Waals surface area contributed by atoms with Crippen molar-refractivity contribution < 1.29 is 9.90 Å². The molecule has 1 amide bonds. The van der Waals surface area contributed by atoms with Crippen LogP contribution in [0.2, 0.25) is 0 Å². The number of nitrogens with zero attached hydrogens (tertiary/aromatic N) is 2. The van der Waals surface area contributed by atoms with Gasteiger partial charge in [0.05, 0.1) is 0 Å². The van der Waals surface area contributed by atoms with E-state index in [1.54, 1.807) is 0 Å². The molecule has 2 aliphatic rings. The van der Waals surface area contributed by atoms with Gasteiger partial charge in [0.1, 0.15) is 0 Å². The molecular formula is C13H24N2O2. The first-order chi connectivity index (χ1) is 8.31. The Morgan fingerprint density at radius 3 is 2.65 bits per heavy atom. The number of aliphatic hydroxyl groups is 1. The van der Waals surface area contributed by atoms with Crippen LogP contribution in [-0.4, -0.2) is 59.6 Å². The monoisotopic (exact) mass is 240 g/mol. The fourth-order valence-corrected chi connectivity index (χ4v) is 2.94. The number of carbonyl (C=O) groups excluding carboxylic acids is 1. The quantitative estimate of drug-likeness (QED) is 0.792. The van der Waals surface area contributed by atoms with E-state index < -0.39 is 0 Å². The van der Waals surface area contributed by atoms with Crippen LogP contribution >= 0.6 is 0 Å². The van der Waals surface area contributed by atoms with Gasteiger partial charge in [-0.3, -0.25) is 9.69 Å². The lowest BCUT2D eigenvalue weighted by molar-refractivity contribution is -0.130. The van der Waals surface area contributed by atoms with E-state index >= 15 is 0 Å². The second-order valence-corrected chi connectivity index (χ2v) is 5.21. The zero-order valence-corrected chi connectivity index (χ0v) is 10.6. The van der Waals surface area contributed by atoms with Gasteiger partial charge in [-0.05, 0) is 38.8 Å². The van der Waals surface area contributed by atoms with E-state index in [1.807, 2.05) is 4.90 Å². The molecule has 1 N–H and O–H groups in total. The maximum atomic E-state index is 11.8. The molecule has 0 spiro atoms. The van der Waals surface area contributed by atoms with Crippen LogP contribution in [0.3, 0.4) is 0 Å². The van der Waals surface area contributed by atoms with Crippen molar-refractivity contribution in [1.82, 2.24) is 9.80 Å². The predicted molar refractivity (Wildman–Crippen MR) is 66.7 cm³/mol. The molecule has 2 saturated heterocycles. The van der Waals surface area contributed by atoms with Crippen LogP contribution in [-0.2, 0) is 4.79 Å². The standard InChI is InChI=1S/C13H24N2O2/c16-10-4-5-13(17)15-9-6-12(11-15)14-7-2-1-3-8-14/h12,16H,1-11H2. The van der Waals surface area contributed by atoms with E-state index in [9.17, 15) is 4.79 Å². The molecular weight excluding hydrogens is 216 g/mol. The largest absolute Gasteiger partial charge is 0.396 e. The van der Waals surface area contributed by atoms with Crippen LogP contribution in [0.4, 0.5) is 0 Å². The van der Waals surface area contributed by atoms with E-state index in [0.717, 1.165) is 19.5 Å². The Morgan fingerprint density at radius 2 is 1.94 bits per heavy atom. The Hall–Kier alpha value is -0.610. The van der Waals surface area contributed by atoms with Gasteiger partial charge in [-0.25, -0.2) is 0 Å². The molecule has 4 nitrogen and oxygen atoms in total. The summed E-state index contributed by atoms with van der Waals surface area (Å²) in [6.07, 6.45) is 6.23. The maximum absolute atomic E-state index is 11.8. The lowest BCUT2D eigenvalue weighted by Gasteiger charge is -2.32. The zero-order valence-electron chi connectivity index (χ0n) is 10.6. The summed E-state index contributed by atoms with van der Waals surface area (Å²) < 4.78 is 0. The Balaban J connectivity index is 1.76. The van der Waals surface area contributed by atoms with Crippen molar-refractivity contribution in [1.29, 1.82) is 0 Å². The van der Waals surface area contributed by atoms with Crippen molar-refractivity contribution in [2.45, 2.75) is 44.6 Å². The molecule has 2 aliphatic heterocycles. The van der Waals surface area contributed by atoms with Crippen molar-refractivity contribution in [3.05, 3.63) is 0 Å². The van der Waals surface area contributed by atoms with Gasteiger partial charge in [-0.1, -0.05) is 6.42 Å². The highest BCUT2D eigenvalue weighted by Crippen LogP contribution is 2.20. The molecule has 1 unspecified atom stereocenters. The Kier molecular flexibility index (Phi) is 4.80. The number of hydrogen-bond acceptors (Lipinski definition) is 3. The third-order valence-electron chi connectivity index (χ3n) is 3.97. The van der Waals surface area contributed by atoms with Gasteiger partial charge in [0.2, 0.25) is 5.91 Å². The molecule has 0 bridgehead atoms. The highest BCUT2D eigenvalue weighted by atomic mass is 16.3. The van der Waals surface area contributed by atoms with Gasteiger partial charge < -0.3 is 10.0 Å². The fourth-order valence-electron chi connectivity index (χ4n) is 2.94. The number of rotatable bonds is 4. The van der Waals surface area contributed by atoms with Gasteiger partial charge in [-0.2, -0.15) is 0 Å². The van der Waals surface area contributed by atoms with Crippen LogP contribution < -0.4 is 0 Å². The average molecular weight is 240 g/mol. The van der Waals surface area contributed by atoms with Crippen molar-refractivity contribution in [3.8, 4) is 0 Å². The maximum Gasteiger partial charge on any atom is 0.222 e. The molecule has 0 radical (unpaired) electrons. The molecule has 2 rings (SSSR count). The summed E-state index contributed by atoms with van der Waals surface area (Å²) in [5.74, 6) is 0.221. The minimum Gasteiger partial charge on any atom is -0.396 e. The molecule has 0 aromatic carbocycles. The number of likely N-dealkylation sites (tertiary alicyclic amines) is 2. The molecule has 0 aliphatic carbocycles. The summed E-state index contributed by atoms with van der Waals surface area (Å²) in [6, 6.07) is 0.591. The Morgan fingerprint density at radius 1 is 1.18 bits per heavy atom. The Bertz CT molecular complexity index is 252. The highest BCUT2D eigenvalue weighted by molar-refractivity contribution is 5.76. The zero-order chi connectivity index (χ0) is 12.1. The lowest BCUT2D eigenvalue weighted by Crippen LogP contribution is -2.41. The second kappa shape index (κ2) is 6.36. The summed E-state index contributed by atoms with van der Waals surface area (Å²) in [5.41, 5.74) is 0. The highest BCUT2D eigenvalue weighted by Gasteiger charge is 2.30. The smallest absolute Gasteiger partial charge is 0.222 e. The molecule has 0 aromatic rings. The van der Waals surface area contributed by atoms with Crippen LogP contribution in [0, 0.1) is 0 Å². The van der Waals surface area contributed by atoms with Gasteiger partial charge in [0.25, 0.3) is 0 Å². The summed E-state index contributed by atoms with van der Waals surface area (Å²) >= 11 is 0. The molecule has 0 saturated carbocycles. The van der Waals surface area contributed by atoms with Gasteiger partial charge in [0, 0.05) is 32.2 Å². The Labute approximate surface area is 104 Å². The number of carbonyl (C=O) groups is 1. The first-order valence-corrected chi connectivity index (χ1v) is 6.94. The number of hydrogen-bond donors (Lipinski definition) is 1. The van der Waals surface area contributed by atoms with E-state index in [1.165, 1.54) is 32.4 Å². The van der Waals surface area contributed by atoms with E-state index in [-0.39, 0.29) is 12.5 Å². The third kappa shape index (κ3) is 3.42. The fraction of sp³-hybridized carbons (Fsp3) is 0.923. The van der Waals surface area contributed by atoms with Crippen LogP contribution in [0.25, 0.3) is 0 Å². The van der Waals surface area contributed by atoms with Crippen LogP contribution in [0.5, 0.6) is 0 Å². The summed E-state index contributed by atoms with van der Waals surface area (Å²) in [6.45, 7) is 4.36. The van der Waals surface area contributed by atoms with Crippen LogP contribution in [0.15, 0.2) is 0 Å². The van der Waals surface area contributed by atoms with E-state index in [0.29, 0.717) is 18.9 Å². The topological polar surface area (TPSA) is 43.8 Å². The normalized spacial score (nSPS) is 26.4. The van der Waals surface area contributed by atoms with Gasteiger partial charge in [-0.15, -0.1) is 0 Å². The van der Waals surface area contributed by atoms with Gasteiger partial charge in [0.15, 0.2) is 0 Å². The summed E-state index contributed by atoms with van der Waals surface area (Å²) in [5, 5.41) is 8.73. The van der Waals surface area contributed by atoms with E-state index in [4.69, 9.17) is 5.11 Å². The SMILES string of the molecule is O=C(CCCO)N1CCC(N2CCCCC2)C1. The number of amides is 1. The minimum absolute atomic E-state index is 0.120. The second-order valence-electron chi connectivity index (χ2n) is 5.21. The van der Waals surface area contributed by atoms with Crippen molar-refractivity contribution in [2.75, 3.05) is 32.8 Å². The molecule has 4 heteroatoms. The first kappa shape index (κ1) is 12.8. The van der Waals surface area contributed by atoms with Crippen molar-refractivity contribution in [2.24, 2.45) is 0 Å². The molecule has 2 heterocycles. The van der Waals surface area contributed by atoms with Crippen molar-refractivity contribution in [3.63, 3.8) is 0 Å². The molecule has 98 valence electrons. The summed E-state index contributed by atoms with van der Waals surface area (Å²) in [7, 11) is 0. The first-order valence-electron chi connectivity index (χ1n) is 6.94. The van der Waals surface area contributed by atoms with Gasteiger partial charge >= 0.3 is 0 Å². The predicted octanol–water partition coefficient (Wildman–Crippen LogP) is 0.846.